The number of carbonyl (C=O) groups is 1. The van der Waals surface area contributed by atoms with Crippen LogP contribution in [0.4, 0.5) is 0 Å². The standard InChI is InChI=1S/C19H28N2O2S/c1-15-5-4-9-21(12-15)13-17-7-3-2-6-16(17)11-20-18(22)19(23)8-10-24-14-19/h2-3,6-7,15,23H,4-5,8-14H2,1H3,(H,20,22). The lowest BCUT2D eigenvalue weighted by molar-refractivity contribution is -0.137. The number of aliphatic hydroxyl groups is 1. The van der Waals surface area contributed by atoms with Crippen molar-refractivity contribution in [3.8, 4) is 0 Å². The number of piperidine rings is 1. The summed E-state index contributed by atoms with van der Waals surface area (Å²) in [7, 11) is 0. The Morgan fingerprint density at radius 1 is 1.42 bits per heavy atom. The molecule has 2 N–H and O–H groups in total. The van der Waals surface area contributed by atoms with Crippen LogP contribution in [-0.4, -0.2) is 46.1 Å². The highest BCUT2D eigenvalue weighted by Crippen LogP contribution is 2.28. The van der Waals surface area contributed by atoms with Gasteiger partial charge < -0.3 is 10.4 Å². The van der Waals surface area contributed by atoms with Crippen molar-refractivity contribution in [2.75, 3.05) is 24.6 Å². The topological polar surface area (TPSA) is 52.6 Å². The Labute approximate surface area is 149 Å². The molecule has 2 atom stereocenters. The zero-order valence-corrected chi connectivity index (χ0v) is 15.3. The largest absolute Gasteiger partial charge is 0.379 e. The predicted octanol–water partition coefficient (Wildman–Crippen LogP) is 2.40. The van der Waals surface area contributed by atoms with Crippen molar-refractivity contribution in [3.63, 3.8) is 0 Å². The lowest BCUT2D eigenvalue weighted by Crippen LogP contribution is -2.46. The van der Waals surface area contributed by atoms with E-state index in [2.05, 4.69) is 35.3 Å². The second-order valence-corrected chi connectivity index (χ2v) is 8.37. The third-order valence-corrected chi connectivity index (χ3v) is 6.29. The smallest absolute Gasteiger partial charge is 0.253 e. The number of nitrogens with one attached hydrogen (secondary N) is 1. The molecule has 2 heterocycles. The minimum Gasteiger partial charge on any atom is -0.379 e. The minimum atomic E-state index is -1.18. The third-order valence-electron chi connectivity index (χ3n) is 5.12. The van der Waals surface area contributed by atoms with E-state index in [1.54, 1.807) is 11.8 Å². The molecular formula is C19H28N2O2S. The quantitative estimate of drug-likeness (QED) is 0.858. The fourth-order valence-electron chi connectivity index (χ4n) is 3.63. The van der Waals surface area contributed by atoms with E-state index in [1.807, 2.05) is 6.07 Å². The van der Waals surface area contributed by atoms with Gasteiger partial charge in [0.1, 0.15) is 0 Å². The van der Waals surface area contributed by atoms with Crippen molar-refractivity contribution in [3.05, 3.63) is 35.4 Å². The van der Waals surface area contributed by atoms with Gasteiger partial charge in [-0.25, -0.2) is 0 Å². The maximum Gasteiger partial charge on any atom is 0.253 e. The van der Waals surface area contributed by atoms with Gasteiger partial charge in [-0.05, 0) is 48.6 Å². The summed E-state index contributed by atoms with van der Waals surface area (Å²) < 4.78 is 0. The van der Waals surface area contributed by atoms with Gasteiger partial charge in [-0.1, -0.05) is 31.2 Å². The van der Waals surface area contributed by atoms with Gasteiger partial charge in [-0.2, -0.15) is 11.8 Å². The second kappa shape index (κ2) is 7.89. The van der Waals surface area contributed by atoms with E-state index >= 15 is 0 Å². The maximum atomic E-state index is 12.3. The van der Waals surface area contributed by atoms with E-state index in [4.69, 9.17) is 0 Å². The molecule has 0 spiro atoms. The van der Waals surface area contributed by atoms with Crippen molar-refractivity contribution in [2.45, 2.75) is 44.9 Å². The van der Waals surface area contributed by atoms with Gasteiger partial charge >= 0.3 is 0 Å². The summed E-state index contributed by atoms with van der Waals surface area (Å²) in [5, 5.41) is 13.3. The molecule has 0 radical (unpaired) electrons. The summed E-state index contributed by atoms with van der Waals surface area (Å²) in [5.41, 5.74) is 1.25. The Balaban J connectivity index is 1.60. The molecule has 1 aromatic rings. The summed E-state index contributed by atoms with van der Waals surface area (Å²) in [6, 6.07) is 8.32. The SMILES string of the molecule is CC1CCCN(Cc2ccccc2CNC(=O)C2(O)CCSC2)C1. The zero-order valence-electron chi connectivity index (χ0n) is 14.5. The van der Waals surface area contributed by atoms with Crippen LogP contribution in [0.25, 0.3) is 0 Å². The van der Waals surface area contributed by atoms with E-state index in [0.29, 0.717) is 18.7 Å². The summed E-state index contributed by atoms with van der Waals surface area (Å²) in [6.07, 6.45) is 3.15. The van der Waals surface area contributed by atoms with Crippen molar-refractivity contribution < 1.29 is 9.90 Å². The molecule has 2 aliphatic rings. The second-order valence-electron chi connectivity index (χ2n) is 7.27. The van der Waals surface area contributed by atoms with E-state index in [9.17, 15) is 9.90 Å². The van der Waals surface area contributed by atoms with Crippen LogP contribution < -0.4 is 5.32 Å². The Bertz CT molecular complexity index is 572. The Morgan fingerprint density at radius 3 is 2.92 bits per heavy atom. The molecular weight excluding hydrogens is 320 g/mol. The average molecular weight is 349 g/mol. The van der Waals surface area contributed by atoms with Gasteiger partial charge in [0.15, 0.2) is 5.60 Å². The van der Waals surface area contributed by atoms with Gasteiger partial charge in [0.05, 0.1) is 0 Å². The molecule has 1 amide bonds. The van der Waals surface area contributed by atoms with Crippen LogP contribution in [0.5, 0.6) is 0 Å². The van der Waals surface area contributed by atoms with Crippen LogP contribution in [0.1, 0.15) is 37.3 Å². The van der Waals surface area contributed by atoms with E-state index in [1.165, 1.54) is 18.4 Å². The van der Waals surface area contributed by atoms with Crippen LogP contribution in [0, 0.1) is 5.92 Å². The monoisotopic (exact) mass is 348 g/mol. The Morgan fingerprint density at radius 2 is 2.21 bits per heavy atom. The molecule has 3 rings (SSSR count). The van der Waals surface area contributed by atoms with E-state index < -0.39 is 5.60 Å². The summed E-state index contributed by atoms with van der Waals surface area (Å²) in [5.74, 6) is 1.90. The molecule has 5 heteroatoms. The first kappa shape index (κ1) is 17.8. The predicted molar refractivity (Wildman–Crippen MR) is 98.9 cm³/mol. The van der Waals surface area contributed by atoms with E-state index in [0.717, 1.165) is 36.9 Å². The molecule has 0 aliphatic carbocycles. The first-order valence-electron chi connectivity index (χ1n) is 8.94. The van der Waals surface area contributed by atoms with Gasteiger partial charge in [0, 0.05) is 25.4 Å². The number of hydrogen-bond acceptors (Lipinski definition) is 4. The number of carbonyl (C=O) groups excluding carboxylic acids is 1. The maximum absolute atomic E-state index is 12.3. The zero-order chi connectivity index (χ0) is 17.0. The molecule has 2 fully saturated rings. The molecule has 0 saturated carbocycles. The van der Waals surface area contributed by atoms with Crippen LogP contribution in [-0.2, 0) is 17.9 Å². The number of hydrogen-bond donors (Lipinski definition) is 2. The number of benzene rings is 1. The molecule has 0 bridgehead atoms. The van der Waals surface area contributed by atoms with Crippen LogP contribution in [0.15, 0.2) is 24.3 Å². The number of thioether (sulfide) groups is 1. The van der Waals surface area contributed by atoms with E-state index in [-0.39, 0.29) is 5.91 Å². The van der Waals surface area contributed by atoms with Crippen molar-refractivity contribution in [1.82, 2.24) is 10.2 Å². The van der Waals surface area contributed by atoms with Gasteiger partial charge in [-0.3, -0.25) is 9.69 Å². The Kier molecular flexibility index (Phi) is 5.85. The molecule has 132 valence electrons. The van der Waals surface area contributed by atoms with Gasteiger partial charge in [-0.15, -0.1) is 0 Å². The van der Waals surface area contributed by atoms with Crippen molar-refractivity contribution >= 4 is 17.7 Å². The molecule has 24 heavy (non-hydrogen) atoms. The molecule has 0 aromatic heterocycles. The lowest BCUT2D eigenvalue weighted by atomic mass is 9.98. The average Bonchev–Trinajstić information content (AvgIpc) is 3.02. The fraction of sp³-hybridized carbons (Fsp3) is 0.632. The van der Waals surface area contributed by atoms with Crippen LogP contribution >= 0.6 is 11.8 Å². The molecule has 1 aromatic carbocycles. The Hall–Kier alpha value is -1.04. The molecule has 2 aliphatic heterocycles. The first-order chi connectivity index (χ1) is 11.6. The molecule has 2 unspecified atom stereocenters. The highest BCUT2D eigenvalue weighted by atomic mass is 32.2. The first-order valence-corrected chi connectivity index (χ1v) is 10.1. The summed E-state index contributed by atoms with van der Waals surface area (Å²) in [4.78, 5) is 14.8. The highest BCUT2D eigenvalue weighted by molar-refractivity contribution is 7.99. The third kappa shape index (κ3) is 4.32. The normalized spacial score (nSPS) is 28.0. The number of amides is 1. The minimum absolute atomic E-state index is 0.228. The molecule has 4 nitrogen and oxygen atoms in total. The highest BCUT2D eigenvalue weighted by Gasteiger charge is 2.39. The number of rotatable bonds is 5. The number of likely N-dealkylation sites (tertiary alicyclic amines) is 1. The van der Waals surface area contributed by atoms with Crippen LogP contribution in [0.3, 0.4) is 0 Å². The summed E-state index contributed by atoms with van der Waals surface area (Å²) >= 11 is 1.64. The van der Waals surface area contributed by atoms with Crippen LogP contribution in [0.2, 0.25) is 0 Å². The summed E-state index contributed by atoms with van der Waals surface area (Å²) in [6.45, 7) is 6.06. The lowest BCUT2D eigenvalue weighted by Gasteiger charge is -2.31. The van der Waals surface area contributed by atoms with Crippen molar-refractivity contribution in [2.24, 2.45) is 5.92 Å². The van der Waals surface area contributed by atoms with Gasteiger partial charge in [0.2, 0.25) is 0 Å². The fourth-order valence-corrected chi connectivity index (χ4v) is 4.87. The molecule has 2 saturated heterocycles. The van der Waals surface area contributed by atoms with Crippen molar-refractivity contribution in [1.29, 1.82) is 0 Å². The number of nitrogens with zero attached hydrogens (tertiary/aromatic N) is 1. The van der Waals surface area contributed by atoms with Gasteiger partial charge in [0.25, 0.3) is 5.91 Å².